The largest absolute Gasteiger partial charge is 0.491 e. The lowest BCUT2D eigenvalue weighted by Gasteiger charge is -2.29. The zero-order valence-electron chi connectivity index (χ0n) is 11.7. The van der Waals surface area contributed by atoms with Crippen molar-refractivity contribution in [2.75, 3.05) is 19.7 Å². The van der Waals surface area contributed by atoms with Crippen LogP contribution in [0.15, 0.2) is 36.8 Å². The third-order valence-corrected chi connectivity index (χ3v) is 3.82. The van der Waals surface area contributed by atoms with Gasteiger partial charge in [-0.25, -0.2) is 4.98 Å². The molecule has 1 aliphatic heterocycles. The van der Waals surface area contributed by atoms with Gasteiger partial charge in [-0.2, -0.15) is 0 Å². The summed E-state index contributed by atoms with van der Waals surface area (Å²) < 4.78 is 7.71. The first-order valence-corrected chi connectivity index (χ1v) is 7.36. The van der Waals surface area contributed by atoms with E-state index < -0.39 is 6.10 Å². The third-order valence-electron chi connectivity index (χ3n) is 3.57. The fourth-order valence-electron chi connectivity index (χ4n) is 2.47. The highest BCUT2D eigenvalue weighted by molar-refractivity contribution is 6.30. The maximum atomic E-state index is 10.1. The fraction of sp³-hybridized carbons (Fsp3) is 0.400. The van der Waals surface area contributed by atoms with Crippen LogP contribution in [0.5, 0.6) is 5.75 Å². The molecule has 0 saturated heterocycles. The molecule has 2 aromatic rings. The lowest BCUT2D eigenvalue weighted by Crippen LogP contribution is -2.40. The average Bonchev–Trinajstić information content (AvgIpc) is 2.94. The van der Waals surface area contributed by atoms with Gasteiger partial charge in [-0.05, 0) is 24.3 Å². The Balaban J connectivity index is 1.46. The van der Waals surface area contributed by atoms with Crippen LogP contribution in [0.2, 0.25) is 5.02 Å². The molecule has 0 aliphatic carbocycles. The van der Waals surface area contributed by atoms with E-state index in [1.54, 1.807) is 24.3 Å². The molecule has 1 unspecified atom stereocenters. The predicted molar refractivity (Wildman–Crippen MR) is 80.5 cm³/mol. The molecule has 0 bridgehead atoms. The molecule has 1 aromatic carbocycles. The van der Waals surface area contributed by atoms with Gasteiger partial charge >= 0.3 is 0 Å². The van der Waals surface area contributed by atoms with Gasteiger partial charge in [0.1, 0.15) is 18.5 Å². The Morgan fingerprint density at radius 2 is 2.10 bits per heavy atom. The van der Waals surface area contributed by atoms with Crippen molar-refractivity contribution >= 4 is 11.6 Å². The van der Waals surface area contributed by atoms with Crippen LogP contribution in [0.3, 0.4) is 0 Å². The average molecular weight is 308 g/mol. The molecule has 6 heteroatoms. The number of ether oxygens (including phenoxy) is 1. The maximum Gasteiger partial charge on any atom is 0.119 e. The minimum Gasteiger partial charge on any atom is -0.491 e. The summed E-state index contributed by atoms with van der Waals surface area (Å²) in [4.78, 5) is 6.35. The molecule has 2 heterocycles. The Kier molecular flexibility index (Phi) is 4.43. The number of imidazole rings is 1. The number of hydrogen-bond acceptors (Lipinski definition) is 4. The number of halogens is 1. The van der Waals surface area contributed by atoms with E-state index in [0.717, 1.165) is 25.4 Å². The summed E-state index contributed by atoms with van der Waals surface area (Å²) in [6.45, 7) is 3.52. The zero-order chi connectivity index (χ0) is 14.7. The van der Waals surface area contributed by atoms with Gasteiger partial charge in [0.25, 0.3) is 0 Å². The summed E-state index contributed by atoms with van der Waals surface area (Å²) in [5.41, 5.74) is 1.19. The van der Waals surface area contributed by atoms with Gasteiger partial charge in [0.05, 0.1) is 12.0 Å². The van der Waals surface area contributed by atoms with Crippen LogP contribution in [-0.4, -0.2) is 45.4 Å². The highest BCUT2D eigenvalue weighted by Crippen LogP contribution is 2.16. The Hall–Kier alpha value is -1.56. The van der Waals surface area contributed by atoms with E-state index in [1.165, 1.54) is 5.69 Å². The van der Waals surface area contributed by atoms with Crippen LogP contribution >= 0.6 is 11.6 Å². The Bertz CT molecular complexity index is 585. The molecular formula is C15H18ClN3O2. The number of aliphatic hydroxyl groups is 1. The SMILES string of the molecule is OC(COc1ccc(Cl)cc1)CN1CCn2cncc2C1. The van der Waals surface area contributed by atoms with Crippen molar-refractivity contribution in [1.82, 2.24) is 14.5 Å². The van der Waals surface area contributed by atoms with E-state index >= 15 is 0 Å². The second kappa shape index (κ2) is 6.47. The molecular weight excluding hydrogens is 290 g/mol. The molecule has 21 heavy (non-hydrogen) atoms. The van der Waals surface area contributed by atoms with Crippen molar-refractivity contribution in [2.45, 2.75) is 19.2 Å². The van der Waals surface area contributed by atoms with E-state index in [4.69, 9.17) is 16.3 Å². The predicted octanol–water partition coefficient (Wildman–Crippen LogP) is 1.79. The molecule has 0 amide bonds. The number of benzene rings is 1. The van der Waals surface area contributed by atoms with Gasteiger partial charge in [-0.3, -0.25) is 4.90 Å². The van der Waals surface area contributed by atoms with Gasteiger partial charge in [-0.15, -0.1) is 0 Å². The summed E-state index contributed by atoms with van der Waals surface area (Å²) in [6, 6.07) is 7.15. The topological polar surface area (TPSA) is 50.5 Å². The molecule has 1 aromatic heterocycles. The van der Waals surface area contributed by atoms with Crippen LogP contribution in [0.25, 0.3) is 0 Å². The van der Waals surface area contributed by atoms with Crippen molar-refractivity contribution < 1.29 is 9.84 Å². The lowest BCUT2D eigenvalue weighted by atomic mass is 10.2. The highest BCUT2D eigenvalue weighted by Gasteiger charge is 2.18. The van der Waals surface area contributed by atoms with Gasteiger partial charge in [-0.1, -0.05) is 11.6 Å². The normalized spacial score (nSPS) is 16.5. The molecule has 0 spiro atoms. The van der Waals surface area contributed by atoms with Gasteiger partial charge in [0, 0.05) is 37.4 Å². The van der Waals surface area contributed by atoms with Crippen LogP contribution < -0.4 is 4.74 Å². The van der Waals surface area contributed by atoms with E-state index in [9.17, 15) is 5.11 Å². The van der Waals surface area contributed by atoms with E-state index in [1.807, 2.05) is 12.5 Å². The molecule has 5 nitrogen and oxygen atoms in total. The van der Waals surface area contributed by atoms with Crippen molar-refractivity contribution in [1.29, 1.82) is 0 Å². The van der Waals surface area contributed by atoms with Crippen LogP contribution in [0.1, 0.15) is 5.69 Å². The molecule has 1 atom stereocenters. The number of fused-ring (bicyclic) bond motifs is 1. The van der Waals surface area contributed by atoms with E-state index in [2.05, 4.69) is 14.5 Å². The second-order valence-corrected chi connectivity index (χ2v) is 5.67. The summed E-state index contributed by atoms with van der Waals surface area (Å²) in [5, 5.41) is 10.8. The first-order valence-electron chi connectivity index (χ1n) is 6.98. The summed E-state index contributed by atoms with van der Waals surface area (Å²) >= 11 is 5.82. The van der Waals surface area contributed by atoms with Crippen molar-refractivity contribution in [3.63, 3.8) is 0 Å². The third kappa shape index (κ3) is 3.75. The molecule has 0 saturated carbocycles. The van der Waals surface area contributed by atoms with Gasteiger partial charge < -0.3 is 14.4 Å². The zero-order valence-corrected chi connectivity index (χ0v) is 12.4. The van der Waals surface area contributed by atoms with Gasteiger partial charge in [0.2, 0.25) is 0 Å². The van der Waals surface area contributed by atoms with Gasteiger partial charge in [0.15, 0.2) is 0 Å². The monoisotopic (exact) mass is 307 g/mol. The maximum absolute atomic E-state index is 10.1. The van der Waals surface area contributed by atoms with Crippen LogP contribution in [-0.2, 0) is 13.1 Å². The van der Waals surface area contributed by atoms with Crippen LogP contribution in [0, 0.1) is 0 Å². The first kappa shape index (κ1) is 14.4. The Morgan fingerprint density at radius 3 is 2.90 bits per heavy atom. The summed E-state index contributed by atoms with van der Waals surface area (Å²) in [6.07, 6.45) is 3.21. The Labute approximate surface area is 128 Å². The molecule has 3 rings (SSSR count). The van der Waals surface area contributed by atoms with Crippen molar-refractivity contribution in [3.8, 4) is 5.75 Å². The van der Waals surface area contributed by atoms with E-state index in [0.29, 0.717) is 11.6 Å². The minimum absolute atomic E-state index is 0.275. The van der Waals surface area contributed by atoms with E-state index in [-0.39, 0.29) is 6.61 Å². The second-order valence-electron chi connectivity index (χ2n) is 5.23. The van der Waals surface area contributed by atoms with Crippen molar-refractivity contribution in [2.24, 2.45) is 0 Å². The number of aromatic nitrogens is 2. The standard InChI is InChI=1S/C15H18ClN3O2/c16-12-1-3-15(4-2-12)21-10-14(20)9-18-5-6-19-11-17-7-13(19)8-18/h1-4,7,11,14,20H,5-6,8-10H2. The smallest absolute Gasteiger partial charge is 0.119 e. The number of rotatable bonds is 5. The first-order chi connectivity index (χ1) is 10.2. The van der Waals surface area contributed by atoms with Crippen LogP contribution in [0.4, 0.5) is 0 Å². The number of nitrogens with zero attached hydrogens (tertiary/aromatic N) is 3. The summed E-state index contributed by atoms with van der Waals surface area (Å²) in [7, 11) is 0. The Morgan fingerprint density at radius 1 is 1.29 bits per heavy atom. The number of β-amino-alcohol motifs (C(OH)–C–C–N with tert-alkyl or cyclic N) is 1. The molecule has 1 N–H and O–H groups in total. The molecule has 0 radical (unpaired) electrons. The molecule has 0 fully saturated rings. The van der Waals surface area contributed by atoms with Crippen molar-refractivity contribution in [3.05, 3.63) is 47.5 Å². The lowest BCUT2D eigenvalue weighted by molar-refractivity contribution is 0.0590. The summed E-state index contributed by atoms with van der Waals surface area (Å²) in [5.74, 6) is 0.718. The highest BCUT2D eigenvalue weighted by atomic mass is 35.5. The minimum atomic E-state index is -0.518. The quantitative estimate of drug-likeness (QED) is 0.915. The fourth-order valence-corrected chi connectivity index (χ4v) is 2.59. The molecule has 1 aliphatic rings. The number of hydrogen-bond donors (Lipinski definition) is 1. The number of aliphatic hydroxyl groups excluding tert-OH is 1. The molecule has 112 valence electrons.